The zero-order chi connectivity index (χ0) is 41.8. The van der Waals surface area contributed by atoms with Gasteiger partial charge in [0.25, 0.3) is 11.8 Å². The SMILES string of the molecule is CC(C)Oc1ccc(-c2noc(-c3cccc4c3CCN(C(=O)OC(C)(C)C)C4)n2)cc1Cl.CC(C)Oc1ccc(-c2noc(-c3cccc4c3CCNC4)n2)cc1Cl. The Hall–Kier alpha value is -5.43. The molecule has 6 aromatic rings. The van der Waals surface area contributed by atoms with Crippen molar-refractivity contribution in [3.8, 4) is 57.2 Å². The number of carbonyl (C=O) groups is 1. The largest absolute Gasteiger partial charge is 0.489 e. The molecule has 0 fully saturated rings. The van der Waals surface area contributed by atoms with Crippen molar-refractivity contribution < 1.29 is 28.1 Å². The maximum absolute atomic E-state index is 12.5. The lowest BCUT2D eigenvalue weighted by molar-refractivity contribution is 0.0224. The molecule has 12 nitrogen and oxygen atoms in total. The van der Waals surface area contributed by atoms with Crippen molar-refractivity contribution in [2.45, 2.75) is 92.2 Å². The highest BCUT2D eigenvalue weighted by Gasteiger charge is 2.28. The van der Waals surface area contributed by atoms with E-state index in [1.807, 2.05) is 103 Å². The molecule has 0 aliphatic carbocycles. The van der Waals surface area contributed by atoms with Crippen molar-refractivity contribution >= 4 is 29.3 Å². The fourth-order valence-electron chi connectivity index (χ4n) is 6.90. The molecule has 0 saturated heterocycles. The Labute approximate surface area is 354 Å². The Morgan fingerprint density at radius 2 is 1.27 bits per heavy atom. The van der Waals surface area contributed by atoms with Crippen LogP contribution in [-0.2, 0) is 30.7 Å². The molecule has 1 N–H and O–H groups in total. The zero-order valence-electron chi connectivity index (χ0n) is 34.3. The van der Waals surface area contributed by atoms with Crippen LogP contribution in [0.4, 0.5) is 4.79 Å². The predicted octanol–water partition coefficient (Wildman–Crippen LogP) is 10.6. The van der Waals surface area contributed by atoms with Gasteiger partial charge in [-0.15, -0.1) is 0 Å². The van der Waals surface area contributed by atoms with Gasteiger partial charge in [-0.1, -0.05) is 57.8 Å². The third-order valence-corrected chi connectivity index (χ3v) is 10.1. The highest BCUT2D eigenvalue weighted by Crippen LogP contribution is 2.35. The Bertz CT molecular complexity index is 2440. The predicted molar refractivity (Wildman–Crippen MR) is 228 cm³/mol. The summed E-state index contributed by atoms with van der Waals surface area (Å²) in [6.07, 6.45) is 1.42. The van der Waals surface area contributed by atoms with Crippen LogP contribution in [0.5, 0.6) is 11.5 Å². The maximum Gasteiger partial charge on any atom is 0.410 e. The average Bonchev–Trinajstić information content (AvgIpc) is 3.90. The van der Waals surface area contributed by atoms with Gasteiger partial charge in [0.05, 0.1) is 22.3 Å². The second-order valence-corrected chi connectivity index (χ2v) is 16.7. The molecular formula is C45H48Cl2N6O6. The van der Waals surface area contributed by atoms with Crippen LogP contribution < -0.4 is 14.8 Å². The second-order valence-electron chi connectivity index (χ2n) is 15.9. The number of benzene rings is 4. The van der Waals surface area contributed by atoms with Crippen LogP contribution in [0.15, 0.2) is 81.8 Å². The summed E-state index contributed by atoms with van der Waals surface area (Å²) in [5, 5.41) is 12.7. The Morgan fingerprint density at radius 3 is 1.78 bits per heavy atom. The summed E-state index contributed by atoms with van der Waals surface area (Å²) in [4.78, 5) is 23.4. The van der Waals surface area contributed by atoms with Crippen molar-refractivity contribution in [1.82, 2.24) is 30.5 Å². The molecule has 0 atom stereocenters. The smallest absolute Gasteiger partial charge is 0.410 e. The van der Waals surface area contributed by atoms with E-state index in [1.165, 1.54) is 11.1 Å². The van der Waals surface area contributed by atoms with Gasteiger partial charge in [0, 0.05) is 41.9 Å². The Morgan fingerprint density at radius 1 is 0.746 bits per heavy atom. The molecule has 0 radical (unpaired) electrons. The van der Waals surface area contributed by atoms with Crippen molar-refractivity contribution in [3.05, 3.63) is 105 Å². The quantitative estimate of drug-likeness (QED) is 0.157. The van der Waals surface area contributed by atoms with Gasteiger partial charge in [-0.3, -0.25) is 0 Å². The fraction of sp³-hybridized carbons (Fsp3) is 0.356. The zero-order valence-corrected chi connectivity index (χ0v) is 35.8. The maximum atomic E-state index is 12.5. The minimum atomic E-state index is -0.526. The van der Waals surface area contributed by atoms with Crippen LogP contribution in [0.25, 0.3) is 45.7 Å². The number of carbonyl (C=O) groups excluding carboxylic acids is 1. The van der Waals surface area contributed by atoms with Gasteiger partial charge in [0.1, 0.15) is 17.1 Å². The van der Waals surface area contributed by atoms with Crippen molar-refractivity contribution in [2.75, 3.05) is 13.1 Å². The van der Waals surface area contributed by atoms with Gasteiger partial charge in [0.15, 0.2) is 0 Å². The topological polar surface area (TPSA) is 138 Å². The van der Waals surface area contributed by atoms with E-state index in [0.717, 1.165) is 52.9 Å². The van der Waals surface area contributed by atoms with Gasteiger partial charge < -0.3 is 33.5 Å². The first-order valence-corrected chi connectivity index (χ1v) is 20.5. The van der Waals surface area contributed by atoms with E-state index in [9.17, 15) is 4.79 Å². The van der Waals surface area contributed by atoms with Crippen molar-refractivity contribution in [1.29, 1.82) is 0 Å². The van der Waals surface area contributed by atoms with Crippen LogP contribution >= 0.6 is 23.2 Å². The van der Waals surface area contributed by atoms with Gasteiger partial charge in [0.2, 0.25) is 11.6 Å². The van der Waals surface area contributed by atoms with E-state index < -0.39 is 5.60 Å². The molecule has 59 heavy (non-hydrogen) atoms. The molecule has 0 saturated carbocycles. The standard InChI is InChI=1S/C25H28ClN3O4.C20H20ClN3O2/c1-15(2)31-21-10-9-16(13-20(21)26)22-27-23(33-28-22)19-8-6-7-17-14-29(12-11-18(17)19)24(30)32-25(3,4)5;1-12(2)25-18-7-6-13(10-17(18)21)19-23-20(26-24-19)16-5-3-4-14-11-22-9-8-15(14)16/h6-10,13,15H,11-12,14H2,1-5H3;3-7,10,12,22H,8-9,11H2,1-2H3. The van der Waals surface area contributed by atoms with Gasteiger partial charge in [-0.2, -0.15) is 9.97 Å². The van der Waals surface area contributed by atoms with E-state index in [0.29, 0.717) is 64.5 Å². The molecule has 4 aromatic carbocycles. The third-order valence-electron chi connectivity index (χ3n) is 9.48. The number of hydrogen-bond acceptors (Lipinski definition) is 11. The first kappa shape index (κ1) is 41.7. The Balaban J connectivity index is 0.000000184. The van der Waals surface area contributed by atoms with E-state index in [2.05, 4.69) is 31.7 Å². The van der Waals surface area contributed by atoms with Crippen molar-refractivity contribution in [3.63, 3.8) is 0 Å². The molecular weight excluding hydrogens is 791 g/mol. The third kappa shape index (κ3) is 10.1. The lowest BCUT2D eigenvalue weighted by atomic mass is 9.94. The monoisotopic (exact) mass is 838 g/mol. The summed E-state index contributed by atoms with van der Waals surface area (Å²) in [7, 11) is 0. The molecule has 8 rings (SSSR count). The summed E-state index contributed by atoms with van der Waals surface area (Å²) in [6, 6.07) is 23.1. The summed E-state index contributed by atoms with van der Waals surface area (Å²) in [5.74, 6) is 3.21. The molecule has 2 aromatic heterocycles. The number of nitrogens with one attached hydrogen (secondary N) is 1. The number of aromatic nitrogens is 4. The fourth-order valence-corrected chi connectivity index (χ4v) is 7.35. The lowest BCUT2D eigenvalue weighted by Gasteiger charge is -2.31. The van der Waals surface area contributed by atoms with Crippen LogP contribution in [-0.4, -0.2) is 62.2 Å². The number of hydrogen-bond donors (Lipinski definition) is 1. The number of amides is 1. The highest BCUT2D eigenvalue weighted by molar-refractivity contribution is 6.32. The van der Waals surface area contributed by atoms with Crippen LogP contribution in [0.1, 0.15) is 70.7 Å². The second kappa shape index (κ2) is 17.8. The minimum absolute atomic E-state index is 0.0284. The van der Waals surface area contributed by atoms with Gasteiger partial charge in [-0.25, -0.2) is 4.79 Å². The molecule has 0 bridgehead atoms. The van der Waals surface area contributed by atoms with E-state index in [-0.39, 0.29) is 18.3 Å². The first-order valence-electron chi connectivity index (χ1n) is 19.7. The lowest BCUT2D eigenvalue weighted by Crippen LogP contribution is -2.40. The van der Waals surface area contributed by atoms with Crippen LogP contribution in [0, 0.1) is 0 Å². The summed E-state index contributed by atoms with van der Waals surface area (Å²) < 4.78 is 28.0. The molecule has 0 spiro atoms. The Kier molecular flexibility index (Phi) is 12.6. The molecule has 14 heteroatoms. The van der Waals surface area contributed by atoms with Crippen LogP contribution in [0.3, 0.4) is 0 Å². The number of halogens is 2. The number of nitrogens with zero attached hydrogens (tertiary/aromatic N) is 5. The molecule has 1 amide bonds. The van der Waals surface area contributed by atoms with Gasteiger partial charge >= 0.3 is 6.09 Å². The van der Waals surface area contributed by atoms with E-state index in [4.69, 9.17) is 46.5 Å². The number of ether oxygens (including phenoxy) is 3. The molecule has 2 aliphatic rings. The normalized spacial score (nSPS) is 13.7. The number of rotatable bonds is 8. The van der Waals surface area contributed by atoms with Crippen molar-refractivity contribution in [2.24, 2.45) is 0 Å². The molecule has 308 valence electrons. The summed E-state index contributed by atoms with van der Waals surface area (Å²) in [6.45, 7) is 16.3. The highest BCUT2D eigenvalue weighted by atomic mass is 35.5. The van der Waals surface area contributed by atoms with Gasteiger partial charge in [-0.05, 0) is 139 Å². The molecule has 4 heterocycles. The minimum Gasteiger partial charge on any atom is -0.489 e. The average molecular weight is 840 g/mol. The number of fused-ring (bicyclic) bond motifs is 2. The van der Waals surface area contributed by atoms with E-state index >= 15 is 0 Å². The molecule has 2 aliphatic heterocycles. The van der Waals surface area contributed by atoms with Crippen LogP contribution in [0.2, 0.25) is 10.0 Å². The first-order chi connectivity index (χ1) is 28.2. The van der Waals surface area contributed by atoms with E-state index in [1.54, 1.807) is 17.0 Å². The summed E-state index contributed by atoms with van der Waals surface area (Å²) >= 11 is 12.7. The molecule has 0 unspecified atom stereocenters. The summed E-state index contributed by atoms with van der Waals surface area (Å²) in [5.41, 5.74) is 7.61.